The first-order valence-electron chi connectivity index (χ1n) is 11.4. The van der Waals surface area contributed by atoms with E-state index in [1.54, 1.807) is 4.90 Å². The van der Waals surface area contributed by atoms with Gasteiger partial charge in [-0.05, 0) is 49.6 Å². The van der Waals surface area contributed by atoms with Gasteiger partial charge in [0.15, 0.2) is 0 Å². The lowest BCUT2D eigenvalue weighted by atomic mass is 9.91. The topological polar surface area (TPSA) is 54.3 Å². The summed E-state index contributed by atoms with van der Waals surface area (Å²) in [7, 11) is 0. The fourth-order valence-corrected chi connectivity index (χ4v) is 5.37. The molecule has 2 aliphatic rings. The number of halogens is 1. The minimum absolute atomic E-state index is 0.0804. The van der Waals surface area contributed by atoms with E-state index in [0.717, 1.165) is 42.1 Å². The van der Waals surface area contributed by atoms with Crippen molar-refractivity contribution in [1.29, 1.82) is 0 Å². The van der Waals surface area contributed by atoms with Crippen molar-refractivity contribution in [2.45, 2.75) is 63.7 Å². The lowest BCUT2D eigenvalue weighted by Gasteiger charge is -2.45. The van der Waals surface area contributed by atoms with Gasteiger partial charge in [0, 0.05) is 28.5 Å². The van der Waals surface area contributed by atoms with Gasteiger partial charge in [-0.25, -0.2) is 0 Å². The Bertz CT molecular complexity index is 1180. The second-order valence-electron chi connectivity index (χ2n) is 9.28. The van der Waals surface area contributed by atoms with E-state index in [1.165, 1.54) is 6.42 Å². The third-order valence-corrected chi connectivity index (χ3v) is 7.23. The molecule has 0 saturated heterocycles. The second-order valence-corrected chi connectivity index (χ2v) is 9.71. The Kier molecular flexibility index (Phi) is 5.46. The van der Waals surface area contributed by atoms with Crippen LogP contribution in [0.25, 0.3) is 10.9 Å². The molecule has 2 aromatic carbocycles. The maximum absolute atomic E-state index is 13.8. The molecular formula is C26H28ClN3O2. The van der Waals surface area contributed by atoms with E-state index in [0.29, 0.717) is 23.8 Å². The highest BCUT2D eigenvalue weighted by Gasteiger charge is 2.48. The summed E-state index contributed by atoms with van der Waals surface area (Å²) in [6.45, 7) is 2.64. The fraction of sp³-hybridized carbons (Fsp3) is 0.385. The first-order chi connectivity index (χ1) is 15.5. The van der Waals surface area contributed by atoms with E-state index in [-0.39, 0.29) is 17.9 Å². The van der Waals surface area contributed by atoms with Crippen molar-refractivity contribution >= 4 is 34.3 Å². The lowest BCUT2D eigenvalue weighted by Crippen LogP contribution is -2.64. The predicted molar refractivity (Wildman–Crippen MR) is 127 cm³/mol. The fourth-order valence-electron chi connectivity index (χ4n) is 5.16. The zero-order valence-electron chi connectivity index (χ0n) is 18.3. The minimum atomic E-state index is -1.01. The van der Waals surface area contributed by atoms with Crippen LogP contribution in [0.4, 0.5) is 0 Å². The van der Waals surface area contributed by atoms with Crippen LogP contribution in [0.3, 0.4) is 0 Å². The van der Waals surface area contributed by atoms with Crippen LogP contribution >= 0.6 is 11.6 Å². The number of carbonyl (C=O) groups is 2. The van der Waals surface area contributed by atoms with E-state index in [4.69, 9.17) is 11.6 Å². The highest BCUT2D eigenvalue weighted by molar-refractivity contribution is 6.30. The number of nitrogens with one attached hydrogen (secondary N) is 1. The monoisotopic (exact) mass is 449 g/mol. The van der Waals surface area contributed by atoms with Crippen LogP contribution in [-0.4, -0.2) is 32.9 Å². The summed E-state index contributed by atoms with van der Waals surface area (Å²) in [6, 6.07) is 17.6. The molecule has 2 amide bonds. The molecule has 1 aliphatic carbocycles. The summed E-state index contributed by atoms with van der Waals surface area (Å²) >= 11 is 6.21. The number of hydrogen-bond acceptors (Lipinski definition) is 2. The van der Waals surface area contributed by atoms with Crippen LogP contribution in [0.2, 0.25) is 5.02 Å². The van der Waals surface area contributed by atoms with E-state index < -0.39 is 5.54 Å². The van der Waals surface area contributed by atoms with Crippen molar-refractivity contribution in [2.24, 2.45) is 0 Å². The van der Waals surface area contributed by atoms with Crippen LogP contribution in [-0.2, 0) is 17.9 Å². The molecule has 1 aromatic heterocycles. The Labute approximate surface area is 193 Å². The molecule has 2 heterocycles. The van der Waals surface area contributed by atoms with Gasteiger partial charge in [-0.15, -0.1) is 0 Å². The van der Waals surface area contributed by atoms with Gasteiger partial charge in [0.05, 0.1) is 6.54 Å². The number of carbonyl (C=O) groups excluding carboxylic acids is 2. The van der Waals surface area contributed by atoms with Crippen molar-refractivity contribution in [3.05, 3.63) is 70.9 Å². The molecule has 0 spiro atoms. The smallest absolute Gasteiger partial charge is 0.271 e. The molecule has 1 saturated carbocycles. The SMILES string of the molecule is CC1(C(=O)NC2CCCCC2)Cn2c(cc3ccccc32)C(=O)N1Cc1cccc(Cl)c1. The summed E-state index contributed by atoms with van der Waals surface area (Å²) in [4.78, 5) is 29.2. The zero-order valence-corrected chi connectivity index (χ0v) is 19.1. The average Bonchev–Trinajstić information content (AvgIpc) is 3.16. The molecule has 1 atom stereocenters. The van der Waals surface area contributed by atoms with E-state index >= 15 is 0 Å². The van der Waals surface area contributed by atoms with Crippen LogP contribution in [0.5, 0.6) is 0 Å². The molecule has 1 fully saturated rings. The maximum Gasteiger partial charge on any atom is 0.271 e. The van der Waals surface area contributed by atoms with Gasteiger partial charge in [0.25, 0.3) is 5.91 Å². The molecule has 1 N–H and O–H groups in total. The van der Waals surface area contributed by atoms with Crippen LogP contribution in [0.1, 0.15) is 55.1 Å². The molecule has 5 rings (SSSR count). The van der Waals surface area contributed by atoms with Crippen LogP contribution < -0.4 is 5.32 Å². The van der Waals surface area contributed by atoms with Gasteiger partial charge in [-0.1, -0.05) is 61.2 Å². The molecule has 32 heavy (non-hydrogen) atoms. The Balaban J connectivity index is 1.55. The quantitative estimate of drug-likeness (QED) is 0.598. The Hall–Kier alpha value is -2.79. The number of benzene rings is 2. The largest absolute Gasteiger partial charge is 0.351 e. The van der Waals surface area contributed by atoms with E-state index in [9.17, 15) is 9.59 Å². The first kappa shape index (κ1) is 21.1. The molecule has 5 nitrogen and oxygen atoms in total. The number of nitrogens with zero attached hydrogens (tertiary/aromatic N) is 2. The van der Waals surface area contributed by atoms with Gasteiger partial charge in [0.1, 0.15) is 11.2 Å². The van der Waals surface area contributed by atoms with Crippen molar-refractivity contribution in [2.75, 3.05) is 0 Å². The maximum atomic E-state index is 13.8. The van der Waals surface area contributed by atoms with Crippen molar-refractivity contribution in [3.8, 4) is 0 Å². The summed E-state index contributed by atoms with van der Waals surface area (Å²) in [5.74, 6) is -0.211. The zero-order chi connectivity index (χ0) is 22.3. The number of amides is 2. The summed E-state index contributed by atoms with van der Waals surface area (Å²) in [5, 5.41) is 4.91. The molecule has 0 bridgehead atoms. The predicted octanol–water partition coefficient (Wildman–Crippen LogP) is 5.16. The van der Waals surface area contributed by atoms with Crippen molar-refractivity contribution in [3.63, 3.8) is 0 Å². The number of rotatable bonds is 4. The van der Waals surface area contributed by atoms with Gasteiger partial charge in [-0.2, -0.15) is 0 Å². The Morgan fingerprint density at radius 2 is 1.88 bits per heavy atom. The minimum Gasteiger partial charge on any atom is -0.351 e. The number of fused-ring (bicyclic) bond motifs is 3. The number of hydrogen-bond donors (Lipinski definition) is 1. The van der Waals surface area contributed by atoms with Gasteiger partial charge in [-0.3, -0.25) is 9.59 Å². The normalized spacial score (nSPS) is 21.6. The first-order valence-corrected chi connectivity index (χ1v) is 11.8. The van der Waals surface area contributed by atoms with Crippen molar-refractivity contribution in [1.82, 2.24) is 14.8 Å². The molecule has 166 valence electrons. The van der Waals surface area contributed by atoms with E-state index in [2.05, 4.69) is 5.32 Å². The highest BCUT2D eigenvalue weighted by atomic mass is 35.5. The molecule has 3 aromatic rings. The summed E-state index contributed by atoms with van der Waals surface area (Å²) < 4.78 is 2.01. The molecular weight excluding hydrogens is 422 g/mol. The number of aromatic nitrogens is 1. The molecule has 6 heteroatoms. The number of para-hydroxylation sites is 1. The highest BCUT2D eigenvalue weighted by Crippen LogP contribution is 2.34. The van der Waals surface area contributed by atoms with Gasteiger partial charge in [0.2, 0.25) is 5.91 Å². The van der Waals surface area contributed by atoms with Crippen LogP contribution in [0.15, 0.2) is 54.6 Å². The molecule has 1 unspecified atom stereocenters. The molecule has 0 radical (unpaired) electrons. The Morgan fingerprint density at radius 3 is 2.66 bits per heavy atom. The van der Waals surface area contributed by atoms with Crippen molar-refractivity contribution < 1.29 is 9.59 Å². The van der Waals surface area contributed by atoms with Gasteiger partial charge >= 0.3 is 0 Å². The summed E-state index contributed by atoms with van der Waals surface area (Å²) in [5.41, 5.74) is 1.50. The molecule has 1 aliphatic heterocycles. The van der Waals surface area contributed by atoms with Gasteiger partial charge < -0.3 is 14.8 Å². The Morgan fingerprint density at radius 1 is 1.09 bits per heavy atom. The standard InChI is InChI=1S/C26H28ClN3O2/c1-26(25(32)28-21-11-3-2-4-12-21)17-29-22-13-6-5-9-19(22)15-23(29)24(31)30(26)16-18-8-7-10-20(27)14-18/h5-10,13-15,21H,2-4,11-12,16-17H2,1H3,(H,28,32). The average molecular weight is 450 g/mol. The summed E-state index contributed by atoms with van der Waals surface area (Å²) in [6.07, 6.45) is 5.50. The third kappa shape index (κ3) is 3.69. The second kappa shape index (κ2) is 8.28. The third-order valence-electron chi connectivity index (χ3n) is 7.00. The lowest BCUT2D eigenvalue weighted by molar-refractivity contribution is -0.134. The van der Waals surface area contributed by atoms with Crippen LogP contribution in [0, 0.1) is 0 Å². The van der Waals surface area contributed by atoms with E-state index in [1.807, 2.05) is 66.1 Å².